The molecule has 1 saturated carbocycles. The summed E-state index contributed by atoms with van der Waals surface area (Å²) in [6.45, 7) is 0. The average molecular weight is 176 g/mol. The zero-order valence-corrected chi connectivity index (χ0v) is 8.01. The van der Waals surface area contributed by atoms with Crippen molar-refractivity contribution < 1.29 is 4.79 Å². The summed E-state index contributed by atoms with van der Waals surface area (Å²) in [4.78, 5) is 11.6. The van der Waals surface area contributed by atoms with Crippen LogP contribution in [0, 0.1) is 0 Å². The predicted octanol–water partition coefficient (Wildman–Crippen LogP) is 3.17. The van der Waals surface area contributed by atoms with Crippen molar-refractivity contribution >= 4 is 5.78 Å². The molecule has 0 saturated heterocycles. The molecule has 0 bridgehead atoms. The molecule has 0 heterocycles. The van der Waals surface area contributed by atoms with Crippen molar-refractivity contribution in [3.63, 3.8) is 0 Å². The van der Waals surface area contributed by atoms with Crippen LogP contribution in [0.1, 0.15) is 44.9 Å². The Labute approximate surface area is 79.5 Å². The van der Waals surface area contributed by atoms with E-state index in [1.165, 1.54) is 37.7 Å². The zero-order chi connectivity index (χ0) is 9.10. The van der Waals surface area contributed by atoms with E-state index in [1.54, 1.807) is 0 Å². The molecule has 0 aromatic rings. The number of Topliss-reactive ketones (excluding diaryl/α,β-unsaturated/α-hetero) is 1. The van der Waals surface area contributed by atoms with Gasteiger partial charge in [-0.2, -0.15) is 0 Å². The first-order chi connectivity index (χ1) is 6.38. The van der Waals surface area contributed by atoms with E-state index in [0.29, 0.717) is 12.2 Å². The third kappa shape index (κ3) is 1.90. The predicted molar refractivity (Wildman–Crippen MR) is 53.5 cm³/mol. The van der Waals surface area contributed by atoms with Crippen LogP contribution in [0.3, 0.4) is 0 Å². The zero-order valence-electron chi connectivity index (χ0n) is 8.01. The first-order valence-corrected chi connectivity index (χ1v) is 5.27. The normalized spacial score (nSPS) is 23.8. The van der Waals surface area contributed by atoms with Crippen LogP contribution in [0.15, 0.2) is 23.3 Å². The van der Waals surface area contributed by atoms with Gasteiger partial charge in [-0.05, 0) is 37.7 Å². The molecule has 2 aliphatic carbocycles. The standard InChI is InChI=1S/C12H16O/c13-12-9-5-4-8-11(12)10-6-2-1-3-7-10/h4-5H,1-3,6-9H2. The van der Waals surface area contributed by atoms with Gasteiger partial charge in [-0.15, -0.1) is 0 Å². The van der Waals surface area contributed by atoms with E-state index in [1.807, 2.05) is 6.08 Å². The number of hydrogen-bond acceptors (Lipinski definition) is 1. The van der Waals surface area contributed by atoms with Crippen LogP contribution >= 0.6 is 0 Å². The molecule has 1 nitrogen and oxygen atoms in total. The van der Waals surface area contributed by atoms with Gasteiger partial charge < -0.3 is 0 Å². The van der Waals surface area contributed by atoms with E-state index in [2.05, 4.69) is 6.08 Å². The Balaban J connectivity index is 2.19. The van der Waals surface area contributed by atoms with E-state index in [4.69, 9.17) is 0 Å². The van der Waals surface area contributed by atoms with Crippen LogP contribution in [0.2, 0.25) is 0 Å². The fraction of sp³-hybridized carbons (Fsp3) is 0.583. The van der Waals surface area contributed by atoms with Crippen molar-refractivity contribution in [3.8, 4) is 0 Å². The SMILES string of the molecule is O=C1CC=CCC1=C1CCCCC1. The van der Waals surface area contributed by atoms with E-state index >= 15 is 0 Å². The minimum atomic E-state index is 0.374. The highest BCUT2D eigenvalue weighted by Crippen LogP contribution is 2.29. The van der Waals surface area contributed by atoms with Gasteiger partial charge in [0.2, 0.25) is 0 Å². The molecule has 70 valence electrons. The van der Waals surface area contributed by atoms with Crippen molar-refractivity contribution in [1.82, 2.24) is 0 Å². The molecule has 0 spiro atoms. The van der Waals surface area contributed by atoms with Gasteiger partial charge in [0, 0.05) is 6.42 Å². The summed E-state index contributed by atoms with van der Waals surface area (Å²) in [5.41, 5.74) is 2.60. The quantitative estimate of drug-likeness (QED) is 0.409. The van der Waals surface area contributed by atoms with Crippen LogP contribution in [0.5, 0.6) is 0 Å². The lowest BCUT2D eigenvalue weighted by molar-refractivity contribution is -0.115. The van der Waals surface area contributed by atoms with Crippen LogP contribution in [-0.2, 0) is 4.79 Å². The van der Waals surface area contributed by atoms with Crippen molar-refractivity contribution in [3.05, 3.63) is 23.3 Å². The molecule has 0 unspecified atom stereocenters. The first kappa shape index (κ1) is 8.74. The number of rotatable bonds is 0. The molecule has 0 aliphatic heterocycles. The highest BCUT2D eigenvalue weighted by atomic mass is 16.1. The lowest BCUT2D eigenvalue weighted by atomic mass is 9.86. The summed E-state index contributed by atoms with van der Waals surface area (Å²) in [7, 11) is 0. The van der Waals surface area contributed by atoms with Crippen LogP contribution < -0.4 is 0 Å². The maximum atomic E-state index is 11.6. The van der Waals surface area contributed by atoms with Gasteiger partial charge in [-0.25, -0.2) is 0 Å². The van der Waals surface area contributed by atoms with Gasteiger partial charge in [0.05, 0.1) is 0 Å². The number of ketones is 1. The summed E-state index contributed by atoms with van der Waals surface area (Å²) in [5, 5.41) is 0. The minimum Gasteiger partial charge on any atom is -0.294 e. The van der Waals surface area contributed by atoms with E-state index in [0.717, 1.165) is 12.0 Å². The summed E-state index contributed by atoms with van der Waals surface area (Å²) < 4.78 is 0. The largest absolute Gasteiger partial charge is 0.294 e. The highest BCUT2D eigenvalue weighted by Gasteiger charge is 2.17. The van der Waals surface area contributed by atoms with Crippen molar-refractivity contribution in [1.29, 1.82) is 0 Å². The molecule has 0 aromatic carbocycles. The molecular formula is C12H16O. The second-order valence-electron chi connectivity index (χ2n) is 3.95. The monoisotopic (exact) mass is 176 g/mol. The molecule has 0 aromatic heterocycles. The molecule has 0 N–H and O–H groups in total. The average Bonchev–Trinajstić information content (AvgIpc) is 2.20. The number of allylic oxidation sites excluding steroid dienone is 4. The van der Waals surface area contributed by atoms with Gasteiger partial charge >= 0.3 is 0 Å². The molecule has 13 heavy (non-hydrogen) atoms. The van der Waals surface area contributed by atoms with Gasteiger partial charge in [-0.1, -0.05) is 24.1 Å². The Bertz CT molecular complexity index is 263. The van der Waals surface area contributed by atoms with Crippen molar-refractivity contribution in [2.75, 3.05) is 0 Å². The lowest BCUT2D eigenvalue weighted by Crippen LogP contribution is -2.09. The Kier molecular flexibility index (Phi) is 2.62. The Morgan fingerprint density at radius 2 is 1.62 bits per heavy atom. The third-order valence-electron chi connectivity index (χ3n) is 3.01. The first-order valence-electron chi connectivity index (χ1n) is 5.27. The molecule has 0 radical (unpaired) electrons. The second kappa shape index (κ2) is 3.91. The fourth-order valence-electron chi connectivity index (χ4n) is 2.25. The topological polar surface area (TPSA) is 17.1 Å². The van der Waals surface area contributed by atoms with Gasteiger partial charge in [0.1, 0.15) is 0 Å². The maximum absolute atomic E-state index is 11.6. The molecule has 2 aliphatic rings. The van der Waals surface area contributed by atoms with E-state index < -0.39 is 0 Å². The molecular weight excluding hydrogens is 160 g/mol. The molecule has 0 atom stereocenters. The number of carbonyl (C=O) groups excluding carboxylic acids is 1. The van der Waals surface area contributed by atoms with E-state index in [9.17, 15) is 4.79 Å². The maximum Gasteiger partial charge on any atom is 0.162 e. The van der Waals surface area contributed by atoms with Crippen molar-refractivity contribution in [2.24, 2.45) is 0 Å². The minimum absolute atomic E-state index is 0.374. The smallest absolute Gasteiger partial charge is 0.162 e. The molecule has 2 rings (SSSR count). The number of carbonyl (C=O) groups is 1. The molecule has 1 fully saturated rings. The van der Waals surface area contributed by atoms with Crippen LogP contribution in [-0.4, -0.2) is 5.78 Å². The summed E-state index contributed by atoms with van der Waals surface area (Å²) in [5.74, 6) is 0.374. The molecule has 1 heteroatoms. The number of hydrogen-bond donors (Lipinski definition) is 0. The summed E-state index contributed by atoms with van der Waals surface area (Å²) in [6.07, 6.45) is 11.9. The Morgan fingerprint density at radius 1 is 0.923 bits per heavy atom. The fourth-order valence-corrected chi connectivity index (χ4v) is 2.25. The van der Waals surface area contributed by atoms with Crippen molar-refractivity contribution in [2.45, 2.75) is 44.9 Å². The highest BCUT2D eigenvalue weighted by molar-refractivity contribution is 5.98. The Hall–Kier alpha value is -0.850. The lowest BCUT2D eigenvalue weighted by Gasteiger charge is -2.19. The summed E-state index contributed by atoms with van der Waals surface area (Å²) in [6, 6.07) is 0. The van der Waals surface area contributed by atoms with E-state index in [-0.39, 0.29) is 0 Å². The summed E-state index contributed by atoms with van der Waals surface area (Å²) >= 11 is 0. The van der Waals surface area contributed by atoms with Gasteiger partial charge in [-0.3, -0.25) is 4.79 Å². The second-order valence-corrected chi connectivity index (χ2v) is 3.95. The van der Waals surface area contributed by atoms with Crippen LogP contribution in [0.4, 0.5) is 0 Å². The Morgan fingerprint density at radius 3 is 2.31 bits per heavy atom. The van der Waals surface area contributed by atoms with Gasteiger partial charge in [0.15, 0.2) is 5.78 Å². The van der Waals surface area contributed by atoms with Gasteiger partial charge in [0.25, 0.3) is 0 Å². The van der Waals surface area contributed by atoms with Crippen LogP contribution in [0.25, 0.3) is 0 Å². The molecule has 0 amide bonds. The third-order valence-corrected chi connectivity index (χ3v) is 3.01.